The van der Waals surface area contributed by atoms with Crippen LogP contribution in [0.25, 0.3) is 0 Å². The van der Waals surface area contributed by atoms with E-state index >= 15 is 4.39 Å². The van der Waals surface area contributed by atoms with Gasteiger partial charge >= 0.3 is 6.18 Å². The Balaban J connectivity index is 2.18. The topological polar surface area (TPSA) is 93.2 Å². The van der Waals surface area contributed by atoms with Crippen molar-refractivity contribution >= 4 is 11.5 Å². The summed E-state index contributed by atoms with van der Waals surface area (Å²) in [7, 11) is 0. The van der Waals surface area contributed by atoms with Gasteiger partial charge in [-0.05, 0) is 63.2 Å². The van der Waals surface area contributed by atoms with Crippen molar-refractivity contribution in [1.29, 1.82) is 5.41 Å². The van der Waals surface area contributed by atoms with Crippen molar-refractivity contribution in [3.63, 3.8) is 0 Å². The average Bonchev–Trinajstić information content (AvgIpc) is 2.79. The maximum Gasteiger partial charge on any atom is 0.433 e. The number of nitrogen functional groups attached to an aromatic ring is 1. The molecule has 1 heterocycles. The van der Waals surface area contributed by atoms with Crippen molar-refractivity contribution < 1.29 is 27.0 Å². The Kier molecular flexibility index (Phi) is 7.83. The van der Waals surface area contributed by atoms with E-state index in [1.807, 2.05) is 0 Å². The number of nitrogens with zero attached hydrogens (tertiary/aromatic N) is 1. The summed E-state index contributed by atoms with van der Waals surface area (Å²) in [5, 5.41) is 10.6. The molecule has 3 rings (SSSR count). The number of nitrogens with two attached hydrogens (primary N) is 1. The van der Waals surface area contributed by atoms with Crippen LogP contribution in [0, 0.1) is 11.2 Å². The Morgan fingerprint density at radius 3 is 2.37 bits per heavy atom. The third-order valence-corrected chi connectivity index (χ3v) is 4.89. The van der Waals surface area contributed by atoms with E-state index in [1.165, 1.54) is 24.3 Å². The van der Waals surface area contributed by atoms with Gasteiger partial charge in [0.05, 0.1) is 24.4 Å². The Labute approximate surface area is 200 Å². The van der Waals surface area contributed by atoms with Crippen molar-refractivity contribution in [1.82, 2.24) is 4.98 Å². The van der Waals surface area contributed by atoms with Crippen LogP contribution >= 0.6 is 0 Å². The number of pyridine rings is 1. The van der Waals surface area contributed by atoms with E-state index in [1.54, 1.807) is 45.0 Å². The fourth-order valence-corrected chi connectivity index (χ4v) is 3.39. The first kappa shape index (κ1) is 25.8. The van der Waals surface area contributed by atoms with Gasteiger partial charge in [0, 0.05) is 22.9 Å². The number of nitrogens with one attached hydrogen (secondary N) is 2. The number of ether oxygens (including phenoxy) is 2. The number of hydrogen-bond acceptors (Lipinski definition) is 5. The highest BCUT2D eigenvalue weighted by Crippen LogP contribution is 2.37. The monoisotopic (exact) mass is 490 g/mol. The number of halogens is 4. The molecule has 2 aromatic carbocycles. The van der Waals surface area contributed by atoms with E-state index in [0.29, 0.717) is 23.6 Å². The third kappa shape index (κ3) is 6.40. The molecule has 4 N–H and O–H groups in total. The van der Waals surface area contributed by atoms with E-state index in [9.17, 15) is 13.2 Å². The zero-order valence-corrected chi connectivity index (χ0v) is 19.4. The Bertz CT molecular complexity index is 1180. The second kappa shape index (κ2) is 10.6. The summed E-state index contributed by atoms with van der Waals surface area (Å²) < 4.78 is 67.1. The molecule has 0 saturated heterocycles. The second-order valence-corrected chi connectivity index (χ2v) is 7.94. The number of anilines is 1. The minimum atomic E-state index is -4.68. The van der Waals surface area contributed by atoms with E-state index < -0.39 is 23.7 Å². The zero-order valence-electron chi connectivity index (χ0n) is 19.4. The van der Waals surface area contributed by atoms with Crippen LogP contribution < -0.4 is 20.5 Å². The van der Waals surface area contributed by atoms with Gasteiger partial charge in [-0.1, -0.05) is 6.07 Å². The molecule has 0 fully saturated rings. The summed E-state index contributed by atoms with van der Waals surface area (Å²) in [6, 6.07) is 11.5. The summed E-state index contributed by atoms with van der Waals surface area (Å²) in [4.78, 5) is 3.78. The first-order chi connectivity index (χ1) is 16.5. The lowest BCUT2D eigenvalue weighted by Gasteiger charge is -2.24. The summed E-state index contributed by atoms with van der Waals surface area (Å²) >= 11 is 0. The van der Waals surface area contributed by atoms with Gasteiger partial charge in [0.1, 0.15) is 17.3 Å². The van der Waals surface area contributed by atoms with Gasteiger partial charge in [0.15, 0.2) is 11.6 Å². The first-order valence-electron chi connectivity index (χ1n) is 10.9. The molecule has 1 atom stereocenters. The molecule has 0 radical (unpaired) electrons. The quantitative estimate of drug-likeness (QED) is 0.197. The summed E-state index contributed by atoms with van der Waals surface area (Å²) in [6.45, 7) is 5.51. The lowest BCUT2D eigenvalue weighted by Crippen LogP contribution is -2.19. The highest BCUT2D eigenvalue weighted by molar-refractivity contribution is 5.95. The van der Waals surface area contributed by atoms with Crippen molar-refractivity contribution in [3.05, 3.63) is 82.9 Å². The van der Waals surface area contributed by atoms with Crippen LogP contribution in [0.1, 0.15) is 49.3 Å². The van der Waals surface area contributed by atoms with Crippen LogP contribution in [0.2, 0.25) is 0 Å². The van der Waals surface area contributed by atoms with Crippen LogP contribution in [0.15, 0.2) is 54.6 Å². The third-order valence-electron chi connectivity index (χ3n) is 4.89. The second-order valence-electron chi connectivity index (χ2n) is 7.94. The molecule has 0 spiro atoms. The number of hydrogen-bond donors (Lipinski definition) is 3. The lowest BCUT2D eigenvalue weighted by molar-refractivity contribution is -0.141. The molecule has 35 heavy (non-hydrogen) atoms. The summed E-state index contributed by atoms with van der Waals surface area (Å²) in [5.74, 6) is -0.685. The smallest absolute Gasteiger partial charge is 0.433 e. The minimum Gasteiger partial charge on any atom is -0.494 e. The van der Waals surface area contributed by atoms with E-state index in [-0.39, 0.29) is 28.9 Å². The van der Waals surface area contributed by atoms with E-state index in [4.69, 9.17) is 20.6 Å². The molecule has 0 saturated carbocycles. The number of amidine groups is 1. The summed E-state index contributed by atoms with van der Waals surface area (Å²) in [5.41, 5.74) is 5.24. The molecule has 0 aliphatic rings. The van der Waals surface area contributed by atoms with Crippen LogP contribution in [-0.4, -0.2) is 23.5 Å². The molecular formula is C25H26F4N4O2. The molecule has 6 nitrogen and oxygen atoms in total. The van der Waals surface area contributed by atoms with Gasteiger partial charge in [-0.25, -0.2) is 9.37 Å². The standard InChI is InChI=1S/C25H26F4N4O2/c1-4-34-17-12-18(22(26)20(13-17)35-14(2)3)23(19-6-5-7-21(33-19)25(27,28)29)32-16-10-8-15(9-11-16)24(30)31/h5-14,23,32H,4H2,1-3H3,(H3,30,31). The molecule has 1 aromatic heterocycles. The van der Waals surface area contributed by atoms with Gasteiger partial charge < -0.3 is 20.5 Å². The van der Waals surface area contributed by atoms with Crippen molar-refractivity contribution in [2.24, 2.45) is 5.73 Å². The minimum absolute atomic E-state index is 0.00549. The lowest BCUT2D eigenvalue weighted by atomic mass is 10.00. The molecule has 10 heteroatoms. The highest BCUT2D eigenvalue weighted by Gasteiger charge is 2.34. The molecule has 0 aliphatic heterocycles. The van der Waals surface area contributed by atoms with E-state index in [2.05, 4.69) is 10.3 Å². The van der Waals surface area contributed by atoms with Gasteiger partial charge in [-0.3, -0.25) is 5.41 Å². The SMILES string of the molecule is CCOc1cc(OC(C)C)c(F)c(C(Nc2ccc(C(=N)N)cc2)c2cccc(C(F)(F)F)n2)c1. The van der Waals surface area contributed by atoms with Crippen LogP contribution in [0.4, 0.5) is 23.2 Å². The Morgan fingerprint density at radius 2 is 1.80 bits per heavy atom. The number of rotatable bonds is 9. The van der Waals surface area contributed by atoms with Crippen LogP contribution in [0.5, 0.6) is 11.5 Å². The molecule has 186 valence electrons. The van der Waals surface area contributed by atoms with Gasteiger partial charge in [0.2, 0.25) is 0 Å². The molecular weight excluding hydrogens is 464 g/mol. The van der Waals surface area contributed by atoms with Gasteiger partial charge in [-0.2, -0.15) is 13.2 Å². The molecule has 0 amide bonds. The normalized spacial score (nSPS) is 12.3. The molecule has 1 unspecified atom stereocenters. The fraction of sp³-hybridized carbons (Fsp3) is 0.280. The van der Waals surface area contributed by atoms with Crippen molar-refractivity contribution in [3.8, 4) is 11.5 Å². The predicted octanol–water partition coefficient (Wildman–Crippen LogP) is 5.91. The van der Waals surface area contributed by atoms with Gasteiger partial charge in [0.25, 0.3) is 0 Å². The highest BCUT2D eigenvalue weighted by atomic mass is 19.4. The Morgan fingerprint density at radius 1 is 1.11 bits per heavy atom. The maximum atomic E-state index is 15.7. The number of aromatic nitrogens is 1. The largest absolute Gasteiger partial charge is 0.494 e. The number of benzene rings is 2. The number of alkyl halides is 3. The zero-order chi connectivity index (χ0) is 25.8. The first-order valence-corrected chi connectivity index (χ1v) is 10.9. The van der Waals surface area contributed by atoms with Gasteiger partial charge in [-0.15, -0.1) is 0 Å². The fourth-order valence-electron chi connectivity index (χ4n) is 3.39. The maximum absolute atomic E-state index is 15.7. The van der Waals surface area contributed by atoms with Crippen LogP contribution in [0.3, 0.4) is 0 Å². The molecule has 3 aromatic rings. The Hall–Kier alpha value is -3.82. The predicted molar refractivity (Wildman–Crippen MR) is 125 cm³/mol. The van der Waals surface area contributed by atoms with Crippen molar-refractivity contribution in [2.75, 3.05) is 11.9 Å². The van der Waals surface area contributed by atoms with Crippen molar-refractivity contribution in [2.45, 2.75) is 39.1 Å². The molecule has 0 bridgehead atoms. The summed E-state index contributed by atoms with van der Waals surface area (Å²) in [6.07, 6.45) is -5.03. The van der Waals surface area contributed by atoms with Crippen LogP contribution in [-0.2, 0) is 6.18 Å². The average molecular weight is 491 g/mol. The molecule has 0 aliphatic carbocycles. The van der Waals surface area contributed by atoms with E-state index in [0.717, 1.165) is 6.07 Å².